The lowest BCUT2D eigenvalue weighted by atomic mass is 10.1. The fraction of sp³-hybridized carbons (Fsp3) is 0.364. The highest BCUT2D eigenvalue weighted by Gasteiger charge is 2.12. The minimum atomic E-state index is -0.971. The Bertz CT molecular complexity index is 378. The Balaban J connectivity index is 2.70. The van der Waals surface area contributed by atoms with Crippen molar-refractivity contribution in [3.63, 3.8) is 0 Å². The summed E-state index contributed by atoms with van der Waals surface area (Å²) in [6.07, 6.45) is -0.971. The number of benzene rings is 1. The number of phenolic OH excluding ortho intramolecular Hbond substituents is 1. The van der Waals surface area contributed by atoms with Crippen LogP contribution in [0, 0.1) is 6.92 Å². The minimum Gasteiger partial charge on any atom is -0.508 e. The van der Waals surface area contributed by atoms with Crippen molar-refractivity contribution in [2.45, 2.75) is 13.0 Å². The van der Waals surface area contributed by atoms with Crippen molar-refractivity contribution in [1.29, 1.82) is 0 Å². The molecule has 4 N–H and O–H groups in total. The highest BCUT2D eigenvalue weighted by Crippen LogP contribution is 2.19. The number of carbonyl (C=O) groups is 1. The van der Waals surface area contributed by atoms with Crippen molar-refractivity contribution in [3.05, 3.63) is 29.3 Å². The average Bonchev–Trinajstić information content (AvgIpc) is 2.29. The third-order valence-corrected chi connectivity index (χ3v) is 2.26. The number of nitrogens with one attached hydrogen (secondary N) is 1. The number of aromatic hydroxyl groups is 1. The van der Waals surface area contributed by atoms with Gasteiger partial charge in [0, 0.05) is 17.7 Å². The molecule has 16 heavy (non-hydrogen) atoms. The van der Waals surface area contributed by atoms with Gasteiger partial charge in [-0.1, -0.05) is 6.07 Å². The number of carbonyl (C=O) groups excluding carboxylic acids is 1. The molecule has 0 aromatic heterocycles. The summed E-state index contributed by atoms with van der Waals surface area (Å²) >= 11 is 0. The quantitative estimate of drug-likeness (QED) is 0.570. The Morgan fingerprint density at radius 3 is 2.81 bits per heavy atom. The molecule has 0 fully saturated rings. The summed E-state index contributed by atoms with van der Waals surface area (Å²) in [5.74, 6) is -0.337. The van der Waals surface area contributed by atoms with Gasteiger partial charge in [0.1, 0.15) is 5.75 Å². The van der Waals surface area contributed by atoms with E-state index in [2.05, 4.69) is 5.32 Å². The van der Waals surface area contributed by atoms with Crippen molar-refractivity contribution in [2.24, 2.45) is 0 Å². The number of hydrogen-bond donors (Lipinski definition) is 4. The highest BCUT2D eigenvalue weighted by molar-refractivity contribution is 5.96. The Morgan fingerprint density at radius 1 is 1.50 bits per heavy atom. The molecule has 1 aromatic rings. The molecule has 0 saturated carbocycles. The van der Waals surface area contributed by atoms with Crippen LogP contribution in [0.4, 0.5) is 0 Å². The number of aliphatic hydroxyl groups is 2. The van der Waals surface area contributed by atoms with Gasteiger partial charge in [0.25, 0.3) is 5.91 Å². The smallest absolute Gasteiger partial charge is 0.251 e. The van der Waals surface area contributed by atoms with Crippen LogP contribution in [0.15, 0.2) is 18.2 Å². The van der Waals surface area contributed by atoms with E-state index in [0.29, 0.717) is 11.1 Å². The molecule has 1 aromatic carbocycles. The second kappa shape index (κ2) is 5.48. The van der Waals surface area contributed by atoms with Gasteiger partial charge in [-0.2, -0.15) is 0 Å². The maximum Gasteiger partial charge on any atom is 0.251 e. The van der Waals surface area contributed by atoms with E-state index >= 15 is 0 Å². The molecule has 5 nitrogen and oxygen atoms in total. The van der Waals surface area contributed by atoms with Gasteiger partial charge in [0.2, 0.25) is 0 Å². The monoisotopic (exact) mass is 225 g/mol. The number of phenols is 1. The largest absolute Gasteiger partial charge is 0.508 e. The topological polar surface area (TPSA) is 89.8 Å². The third kappa shape index (κ3) is 2.95. The molecule has 0 bridgehead atoms. The molecule has 0 radical (unpaired) electrons. The maximum atomic E-state index is 11.6. The van der Waals surface area contributed by atoms with Crippen molar-refractivity contribution < 1.29 is 20.1 Å². The summed E-state index contributed by atoms with van der Waals surface area (Å²) < 4.78 is 0. The number of rotatable bonds is 4. The molecule has 1 atom stereocenters. The Hall–Kier alpha value is -1.59. The fourth-order valence-corrected chi connectivity index (χ4v) is 1.24. The van der Waals surface area contributed by atoms with Crippen molar-refractivity contribution >= 4 is 5.91 Å². The van der Waals surface area contributed by atoms with Gasteiger partial charge >= 0.3 is 0 Å². The lowest BCUT2D eigenvalue weighted by Gasteiger charge is -2.11. The molecule has 0 saturated heterocycles. The molecular formula is C11H15NO4. The first-order valence-electron chi connectivity index (χ1n) is 4.92. The molecule has 0 aliphatic rings. The van der Waals surface area contributed by atoms with E-state index < -0.39 is 12.7 Å². The normalized spacial score (nSPS) is 12.2. The minimum absolute atomic E-state index is 0.0234. The third-order valence-electron chi connectivity index (χ3n) is 2.26. The highest BCUT2D eigenvalue weighted by atomic mass is 16.3. The van der Waals surface area contributed by atoms with Gasteiger partial charge in [0.05, 0.1) is 12.7 Å². The summed E-state index contributed by atoms with van der Waals surface area (Å²) in [5, 5.41) is 29.5. The van der Waals surface area contributed by atoms with Crippen LogP contribution < -0.4 is 5.32 Å². The predicted molar refractivity (Wildman–Crippen MR) is 58.3 cm³/mol. The Labute approximate surface area is 93.4 Å². The van der Waals surface area contributed by atoms with E-state index in [1.165, 1.54) is 6.07 Å². The van der Waals surface area contributed by atoms with Gasteiger partial charge in [0.15, 0.2) is 0 Å². The first-order valence-corrected chi connectivity index (χ1v) is 4.92. The average molecular weight is 225 g/mol. The summed E-state index contributed by atoms with van der Waals surface area (Å²) in [6, 6.07) is 4.64. The molecule has 1 amide bonds. The second-order valence-corrected chi connectivity index (χ2v) is 3.50. The molecule has 1 rings (SSSR count). The molecule has 1 unspecified atom stereocenters. The zero-order valence-electron chi connectivity index (χ0n) is 8.97. The summed E-state index contributed by atoms with van der Waals surface area (Å²) in [6.45, 7) is 1.20. The molecule has 5 heteroatoms. The number of hydrogen-bond acceptors (Lipinski definition) is 4. The van der Waals surface area contributed by atoms with Crippen LogP contribution >= 0.6 is 0 Å². The van der Waals surface area contributed by atoms with Crippen LogP contribution in [0.3, 0.4) is 0 Å². The SMILES string of the molecule is Cc1c(O)cccc1C(=O)NCC(O)CO. The number of amides is 1. The van der Waals surface area contributed by atoms with E-state index in [-0.39, 0.29) is 18.2 Å². The van der Waals surface area contributed by atoms with Crippen LogP contribution in [-0.2, 0) is 0 Å². The number of aliphatic hydroxyl groups excluding tert-OH is 2. The van der Waals surface area contributed by atoms with E-state index in [0.717, 1.165) is 0 Å². The predicted octanol–water partition coefficient (Wildman–Crippen LogP) is -0.216. The van der Waals surface area contributed by atoms with E-state index in [1.54, 1.807) is 19.1 Å². The second-order valence-electron chi connectivity index (χ2n) is 3.50. The molecule has 0 aliphatic carbocycles. The maximum absolute atomic E-state index is 11.6. The standard InChI is InChI=1S/C11H15NO4/c1-7-9(3-2-4-10(7)15)11(16)12-5-8(14)6-13/h2-4,8,13-15H,5-6H2,1H3,(H,12,16). The fourth-order valence-electron chi connectivity index (χ4n) is 1.24. The molecule has 88 valence electrons. The van der Waals surface area contributed by atoms with E-state index in [1.807, 2.05) is 0 Å². The Kier molecular flexibility index (Phi) is 4.28. The van der Waals surface area contributed by atoms with Crippen LogP contribution in [0.2, 0.25) is 0 Å². The molecule has 0 aliphatic heterocycles. The van der Waals surface area contributed by atoms with Crippen LogP contribution in [0.5, 0.6) is 5.75 Å². The zero-order valence-corrected chi connectivity index (χ0v) is 8.97. The summed E-state index contributed by atoms with van der Waals surface area (Å²) in [5.41, 5.74) is 0.837. The van der Waals surface area contributed by atoms with Gasteiger partial charge in [-0.05, 0) is 19.1 Å². The molecule has 0 spiro atoms. The molecular weight excluding hydrogens is 210 g/mol. The van der Waals surface area contributed by atoms with E-state index in [9.17, 15) is 9.90 Å². The molecule has 0 heterocycles. The first-order chi connectivity index (χ1) is 7.56. The van der Waals surface area contributed by atoms with Gasteiger partial charge < -0.3 is 20.6 Å². The summed E-state index contributed by atoms with van der Waals surface area (Å²) in [7, 11) is 0. The van der Waals surface area contributed by atoms with Crippen LogP contribution in [0.1, 0.15) is 15.9 Å². The van der Waals surface area contributed by atoms with Crippen molar-refractivity contribution in [1.82, 2.24) is 5.32 Å². The first kappa shape index (κ1) is 12.5. The van der Waals surface area contributed by atoms with Gasteiger partial charge in [-0.3, -0.25) is 4.79 Å². The zero-order chi connectivity index (χ0) is 12.1. The van der Waals surface area contributed by atoms with Crippen LogP contribution in [0.25, 0.3) is 0 Å². The summed E-state index contributed by atoms with van der Waals surface area (Å²) in [4.78, 5) is 11.6. The van der Waals surface area contributed by atoms with Gasteiger partial charge in [-0.15, -0.1) is 0 Å². The van der Waals surface area contributed by atoms with Crippen molar-refractivity contribution in [2.75, 3.05) is 13.2 Å². The lowest BCUT2D eigenvalue weighted by Crippen LogP contribution is -2.34. The van der Waals surface area contributed by atoms with Gasteiger partial charge in [-0.25, -0.2) is 0 Å². The van der Waals surface area contributed by atoms with Crippen LogP contribution in [-0.4, -0.2) is 40.5 Å². The van der Waals surface area contributed by atoms with E-state index in [4.69, 9.17) is 10.2 Å². The lowest BCUT2D eigenvalue weighted by molar-refractivity contribution is 0.0801. The van der Waals surface area contributed by atoms with Crippen molar-refractivity contribution in [3.8, 4) is 5.75 Å². The Morgan fingerprint density at radius 2 is 2.19 bits per heavy atom.